The van der Waals surface area contributed by atoms with Crippen molar-refractivity contribution in [3.63, 3.8) is 0 Å². The summed E-state index contributed by atoms with van der Waals surface area (Å²) in [6.07, 6.45) is 4.01. The summed E-state index contributed by atoms with van der Waals surface area (Å²) in [4.78, 5) is 32.6. The highest BCUT2D eigenvalue weighted by atomic mass is 16.5. The first-order valence-corrected chi connectivity index (χ1v) is 9.55. The van der Waals surface area contributed by atoms with Gasteiger partial charge in [-0.05, 0) is 35.9 Å². The van der Waals surface area contributed by atoms with Gasteiger partial charge in [0.05, 0.1) is 39.4 Å². The van der Waals surface area contributed by atoms with Crippen LogP contribution in [0.1, 0.15) is 23.6 Å². The first kappa shape index (κ1) is 20.5. The Morgan fingerprint density at radius 2 is 1.93 bits per heavy atom. The van der Waals surface area contributed by atoms with Crippen LogP contribution < -0.4 is 9.64 Å². The zero-order chi connectivity index (χ0) is 21.0. The maximum absolute atomic E-state index is 12.9. The molecule has 2 N–H and O–H groups in total. The van der Waals surface area contributed by atoms with Crippen LogP contribution in [0.2, 0.25) is 0 Å². The Labute approximate surface area is 170 Å². The fourth-order valence-electron chi connectivity index (χ4n) is 3.50. The summed E-state index contributed by atoms with van der Waals surface area (Å²) in [5, 5.41) is 10.9. The molecule has 29 heavy (non-hydrogen) atoms. The number of likely N-dealkylation sites (tertiary alicyclic amines) is 1. The molecule has 0 unspecified atom stereocenters. The molecule has 1 fully saturated rings. The summed E-state index contributed by atoms with van der Waals surface area (Å²) in [5.41, 5.74) is 1.24. The molecule has 0 saturated carbocycles. The molecular formula is C22H26N3O4+. The van der Waals surface area contributed by atoms with Gasteiger partial charge in [-0.2, -0.15) is 0 Å². The second-order valence-corrected chi connectivity index (χ2v) is 7.32. The Hall–Kier alpha value is -3.19. The van der Waals surface area contributed by atoms with Crippen LogP contribution in [-0.2, 0) is 9.59 Å². The fraction of sp³-hybridized carbons (Fsp3) is 0.318. The van der Waals surface area contributed by atoms with Crippen LogP contribution in [0, 0.1) is 0 Å². The SMILES string of the molecule is COc1ccc(/C(O)=C2/C(=O)C(=O)N(CCC[NH+](C)C)[C@H]2c2cccnc2)cc1. The summed E-state index contributed by atoms with van der Waals surface area (Å²) in [5.74, 6) is -0.829. The average Bonchev–Trinajstić information content (AvgIpc) is 2.98. The molecular weight excluding hydrogens is 370 g/mol. The van der Waals surface area contributed by atoms with Crippen LogP contribution in [0.15, 0.2) is 54.4 Å². The lowest BCUT2D eigenvalue weighted by molar-refractivity contribution is -0.858. The van der Waals surface area contributed by atoms with Crippen molar-refractivity contribution in [3.8, 4) is 5.75 Å². The van der Waals surface area contributed by atoms with Gasteiger partial charge in [0.25, 0.3) is 11.7 Å². The number of rotatable bonds is 7. The highest BCUT2D eigenvalue weighted by molar-refractivity contribution is 6.46. The molecule has 152 valence electrons. The van der Waals surface area contributed by atoms with Crippen LogP contribution in [0.5, 0.6) is 5.75 Å². The molecule has 7 heteroatoms. The zero-order valence-electron chi connectivity index (χ0n) is 16.9. The molecule has 0 spiro atoms. The molecule has 1 aliphatic heterocycles. The number of aliphatic hydroxyl groups excluding tert-OH is 1. The van der Waals surface area contributed by atoms with E-state index in [1.54, 1.807) is 49.8 Å². The van der Waals surface area contributed by atoms with Gasteiger partial charge in [0, 0.05) is 30.9 Å². The van der Waals surface area contributed by atoms with Gasteiger partial charge in [-0.25, -0.2) is 0 Å². The molecule has 2 aromatic rings. The largest absolute Gasteiger partial charge is 0.507 e. The molecule has 1 saturated heterocycles. The molecule has 3 rings (SSSR count). The summed E-state index contributed by atoms with van der Waals surface area (Å²) >= 11 is 0. The minimum Gasteiger partial charge on any atom is -0.507 e. The number of hydrogen-bond acceptors (Lipinski definition) is 5. The Kier molecular flexibility index (Phi) is 6.29. The Morgan fingerprint density at radius 1 is 1.21 bits per heavy atom. The van der Waals surface area contributed by atoms with Crippen molar-refractivity contribution in [1.82, 2.24) is 9.88 Å². The first-order chi connectivity index (χ1) is 13.9. The minimum atomic E-state index is -0.677. The van der Waals surface area contributed by atoms with E-state index in [4.69, 9.17) is 4.74 Å². The van der Waals surface area contributed by atoms with Crippen molar-refractivity contribution in [2.75, 3.05) is 34.3 Å². The number of Topliss-reactive ketones (excluding diaryl/α,β-unsaturated/α-hetero) is 1. The number of carbonyl (C=O) groups is 2. The topological polar surface area (TPSA) is 84.2 Å². The normalized spacial score (nSPS) is 18.5. The van der Waals surface area contributed by atoms with Gasteiger partial charge in [0.1, 0.15) is 11.5 Å². The predicted molar refractivity (Wildman–Crippen MR) is 109 cm³/mol. The smallest absolute Gasteiger partial charge is 0.295 e. The van der Waals surface area contributed by atoms with E-state index in [-0.39, 0.29) is 11.3 Å². The third-order valence-electron chi connectivity index (χ3n) is 4.98. The van der Waals surface area contributed by atoms with Crippen molar-refractivity contribution in [3.05, 3.63) is 65.5 Å². The van der Waals surface area contributed by atoms with E-state index >= 15 is 0 Å². The molecule has 1 aromatic heterocycles. The molecule has 0 radical (unpaired) electrons. The van der Waals surface area contributed by atoms with Crippen molar-refractivity contribution >= 4 is 17.4 Å². The van der Waals surface area contributed by atoms with Crippen LogP contribution in [-0.4, -0.2) is 61.0 Å². The zero-order valence-corrected chi connectivity index (χ0v) is 16.9. The summed E-state index contributed by atoms with van der Waals surface area (Å²) in [6, 6.07) is 9.63. The summed E-state index contributed by atoms with van der Waals surface area (Å²) in [7, 11) is 5.63. The average molecular weight is 396 g/mol. The van der Waals surface area contributed by atoms with Gasteiger partial charge in [-0.3, -0.25) is 14.6 Å². The van der Waals surface area contributed by atoms with E-state index in [9.17, 15) is 14.7 Å². The number of benzene rings is 1. The second kappa shape index (κ2) is 8.87. The number of hydrogen-bond donors (Lipinski definition) is 2. The Morgan fingerprint density at radius 3 is 2.52 bits per heavy atom. The lowest BCUT2D eigenvalue weighted by atomic mass is 9.96. The lowest BCUT2D eigenvalue weighted by Gasteiger charge is -2.25. The van der Waals surface area contributed by atoms with Crippen molar-refractivity contribution in [1.29, 1.82) is 0 Å². The molecule has 2 heterocycles. The van der Waals surface area contributed by atoms with E-state index in [1.165, 1.54) is 9.80 Å². The van der Waals surface area contributed by atoms with Gasteiger partial charge >= 0.3 is 0 Å². The third-order valence-corrected chi connectivity index (χ3v) is 4.98. The minimum absolute atomic E-state index is 0.0883. The number of methoxy groups -OCH3 is 1. The van der Waals surface area contributed by atoms with E-state index < -0.39 is 17.7 Å². The number of pyridine rings is 1. The van der Waals surface area contributed by atoms with Gasteiger partial charge in [0.2, 0.25) is 0 Å². The van der Waals surface area contributed by atoms with Gasteiger partial charge in [-0.15, -0.1) is 0 Å². The first-order valence-electron chi connectivity index (χ1n) is 9.55. The quantitative estimate of drug-likeness (QED) is 0.415. The number of nitrogens with one attached hydrogen (secondary N) is 1. The van der Waals surface area contributed by atoms with E-state index in [2.05, 4.69) is 4.98 Å². The van der Waals surface area contributed by atoms with Gasteiger partial charge in [-0.1, -0.05) is 6.07 Å². The Bertz CT molecular complexity index is 907. The molecule has 0 aliphatic carbocycles. The molecule has 1 atom stereocenters. The van der Waals surface area contributed by atoms with Crippen molar-refractivity contribution in [2.45, 2.75) is 12.5 Å². The molecule has 0 bridgehead atoms. The van der Waals surface area contributed by atoms with Crippen molar-refractivity contribution < 1.29 is 24.3 Å². The number of ketones is 1. The number of aromatic nitrogens is 1. The third kappa shape index (κ3) is 4.30. The van der Waals surface area contributed by atoms with E-state index in [0.717, 1.165) is 13.0 Å². The van der Waals surface area contributed by atoms with Crippen LogP contribution >= 0.6 is 0 Å². The van der Waals surface area contributed by atoms with Crippen molar-refractivity contribution in [2.24, 2.45) is 0 Å². The lowest BCUT2D eigenvalue weighted by Crippen LogP contribution is -3.05. The number of amides is 1. The molecule has 1 amide bonds. The highest BCUT2D eigenvalue weighted by Crippen LogP contribution is 2.39. The number of quaternary nitrogens is 1. The monoisotopic (exact) mass is 396 g/mol. The number of ether oxygens (including phenoxy) is 1. The van der Waals surface area contributed by atoms with Crippen LogP contribution in [0.3, 0.4) is 0 Å². The standard InChI is InChI=1S/C22H25N3O4/c1-24(2)12-5-13-25-19(16-6-4-11-23-14-16)18(21(27)22(25)28)20(26)15-7-9-17(29-3)10-8-15/h4,6-11,14,19,26H,5,12-13H2,1-3H3/p+1/b20-18-/t19-/m0/s1. The van der Waals surface area contributed by atoms with E-state index in [1.807, 2.05) is 20.2 Å². The molecule has 7 nitrogen and oxygen atoms in total. The maximum Gasteiger partial charge on any atom is 0.295 e. The second-order valence-electron chi connectivity index (χ2n) is 7.32. The molecule has 1 aromatic carbocycles. The molecule has 1 aliphatic rings. The number of nitrogens with zero attached hydrogens (tertiary/aromatic N) is 2. The predicted octanol–water partition coefficient (Wildman–Crippen LogP) is 1.05. The summed E-state index contributed by atoms with van der Waals surface area (Å²) < 4.78 is 5.15. The van der Waals surface area contributed by atoms with Gasteiger partial charge < -0.3 is 19.6 Å². The Balaban J connectivity index is 2.05. The van der Waals surface area contributed by atoms with Gasteiger partial charge in [0.15, 0.2) is 0 Å². The number of carbonyl (C=O) groups excluding carboxylic acids is 2. The van der Waals surface area contributed by atoms with Crippen LogP contribution in [0.25, 0.3) is 5.76 Å². The number of aliphatic hydroxyl groups is 1. The maximum atomic E-state index is 12.9. The summed E-state index contributed by atoms with van der Waals surface area (Å²) in [6.45, 7) is 1.29. The fourth-order valence-corrected chi connectivity index (χ4v) is 3.50. The van der Waals surface area contributed by atoms with E-state index in [0.29, 0.717) is 23.4 Å². The van der Waals surface area contributed by atoms with Crippen LogP contribution in [0.4, 0.5) is 0 Å². The highest BCUT2D eigenvalue weighted by Gasteiger charge is 2.45.